The van der Waals surface area contributed by atoms with E-state index in [0.717, 1.165) is 22.3 Å². The van der Waals surface area contributed by atoms with Crippen molar-refractivity contribution in [2.75, 3.05) is 5.32 Å². The van der Waals surface area contributed by atoms with E-state index in [1.54, 1.807) is 6.20 Å². The van der Waals surface area contributed by atoms with Crippen LogP contribution in [0.15, 0.2) is 54.9 Å². The van der Waals surface area contributed by atoms with Gasteiger partial charge in [0.25, 0.3) is 5.91 Å². The van der Waals surface area contributed by atoms with Gasteiger partial charge in [-0.25, -0.2) is 4.98 Å². The van der Waals surface area contributed by atoms with Gasteiger partial charge in [-0.05, 0) is 17.7 Å². The number of carbonyl (C=O) groups is 1. The van der Waals surface area contributed by atoms with Crippen LogP contribution in [0.25, 0.3) is 22.3 Å². The molecule has 0 aliphatic carbocycles. The molecule has 7 nitrogen and oxygen atoms in total. The van der Waals surface area contributed by atoms with Gasteiger partial charge in [-0.3, -0.25) is 4.79 Å². The van der Waals surface area contributed by atoms with Crippen LogP contribution in [0.4, 0.5) is 5.69 Å². The number of amides is 1. The monoisotopic (exact) mass is 304 g/mol. The summed E-state index contributed by atoms with van der Waals surface area (Å²) in [7, 11) is 0. The van der Waals surface area contributed by atoms with Crippen LogP contribution in [0, 0.1) is 0 Å². The van der Waals surface area contributed by atoms with E-state index in [0.29, 0.717) is 5.69 Å². The summed E-state index contributed by atoms with van der Waals surface area (Å²) in [4.78, 5) is 19.6. The highest BCUT2D eigenvalue weighted by atomic mass is 16.2. The van der Waals surface area contributed by atoms with Gasteiger partial charge in [-0.2, -0.15) is 15.4 Å². The van der Waals surface area contributed by atoms with Gasteiger partial charge < -0.3 is 10.3 Å². The molecule has 7 heteroatoms. The molecule has 0 aliphatic heterocycles. The smallest absolute Gasteiger partial charge is 0.277 e. The second kappa shape index (κ2) is 5.38. The van der Waals surface area contributed by atoms with Gasteiger partial charge in [0.1, 0.15) is 5.65 Å². The van der Waals surface area contributed by atoms with Gasteiger partial charge in [0.2, 0.25) is 0 Å². The third kappa shape index (κ3) is 2.55. The molecule has 0 fully saturated rings. The summed E-state index contributed by atoms with van der Waals surface area (Å²) in [5.41, 5.74) is 3.66. The SMILES string of the molecule is O=C(Nc1cnc2[nH]c(-c3ccccc3)cc2c1)c1cn[nH]n1. The second-order valence-electron chi connectivity index (χ2n) is 5.02. The Hall–Kier alpha value is -3.48. The number of H-pyrrole nitrogens is 2. The summed E-state index contributed by atoms with van der Waals surface area (Å²) < 4.78 is 0. The summed E-state index contributed by atoms with van der Waals surface area (Å²) in [6, 6.07) is 13.9. The van der Waals surface area contributed by atoms with Crippen molar-refractivity contribution in [3.8, 4) is 11.3 Å². The molecule has 112 valence electrons. The molecule has 0 atom stereocenters. The molecular formula is C16H12N6O. The molecule has 0 saturated heterocycles. The first kappa shape index (κ1) is 13.2. The maximum Gasteiger partial charge on any atom is 0.277 e. The quantitative estimate of drug-likeness (QED) is 0.541. The number of carbonyl (C=O) groups excluding carboxylic acids is 1. The lowest BCUT2D eigenvalue weighted by Crippen LogP contribution is -2.12. The van der Waals surface area contributed by atoms with Crippen molar-refractivity contribution in [1.29, 1.82) is 0 Å². The third-order valence-corrected chi connectivity index (χ3v) is 3.46. The van der Waals surface area contributed by atoms with Crippen LogP contribution in [0.2, 0.25) is 0 Å². The maximum atomic E-state index is 12.0. The molecule has 0 bridgehead atoms. The molecular weight excluding hydrogens is 292 g/mol. The van der Waals surface area contributed by atoms with E-state index in [1.807, 2.05) is 42.5 Å². The highest BCUT2D eigenvalue weighted by Gasteiger charge is 2.10. The number of nitrogens with zero attached hydrogens (tertiary/aromatic N) is 3. The van der Waals surface area contributed by atoms with Gasteiger partial charge in [0, 0.05) is 11.1 Å². The Balaban J connectivity index is 1.64. The van der Waals surface area contributed by atoms with Crippen LogP contribution in [-0.4, -0.2) is 31.3 Å². The molecule has 3 heterocycles. The van der Waals surface area contributed by atoms with Gasteiger partial charge in [-0.15, -0.1) is 0 Å². The minimum Gasteiger partial charge on any atom is -0.339 e. The van der Waals surface area contributed by atoms with Crippen LogP contribution in [0.3, 0.4) is 0 Å². The average Bonchev–Trinajstić information content (AvgIpc) is 3.25. The van der Waals surface area contributed by atoms with Gasteiger partial charge in [-0.1, -0.05) is 30.3 Å². The van der Waals surface area contributed by atoms with Crippen molar-refractivity contribution in [2.24, 2.45) is 0 Å². The fraction of sp³-hybridized carbons (Fsp3) is 0. The number of fused-ring (bicyclic) bond motifs is 1. The van der Waals surface area contributed by atoms with Crippen molar-refractivity contribution < 1.29 is 4.79 Å². The number of rotatable bonds is 3. The highest BCUT2D eigenvalue weighted by Crippen LogP contribution is 2.24. The Morgan fingerprint density at radius 3 is 2.74 bits per heavy atom. The molecule has 4 aromatic rings. The first-order valence-corrected chi connectivity index (χ1v) is 7.01. The Bertz CT molecular complexity index is 959. The van der Waals surface area contributed by atoms with E-state index >= 15 is 0 Å². The fourth-order valence-electron chi connectivity index (χ4n) is 2.36. The van der Waals surface area contributed by atoms with E-state index in [9.17, 15) is 4.79 Å². The number of aromatic amines is 2. The van der Waals surface area contributed by atoms with Gasteiger partial charge in [0.15, 0.2) is 5.69 Å². The topological polar surface area (TPSA) is 99.4 Å². The molecule has 1 amide bonds. The lowest BCUT2D eigenvalue weighted by molar-refractivity contribution is 0.102. The first-order valence-electron chi connectivity index (χ1n) is 7.01. The van der Waals surface area contributed by atoms with Crippen LogP contribution in [-0.2, 0) is 0 Å². The summed E-state index contributed by atoms with van der Waals surface area (Å²) in [6.45, 7) is 0. The van der Waals surface area contributed by atoms with Gasteiger partial charge in [0.05, 0.1) is 18.1 Å². The zero-order valence-electron chi connectivity index (χ0n) is 11.9. The van der Waals surface area contributed by atoms with E-state index < -0.39 is 0 Å². The minimum atomic E-state index is -0.335. The number of hydrogen-bond acceptors (Lipinski definition) is 4. The predicted molar refractivity (Wildman–Crippen MR) is 85.9 cm³/mol. The van der Waals surface area contributed by atoms with Crippen LogP contribution in [0.5, 0.6) is 0 Å². The number of anilines is 1. The van der Waals surface area contributed by atoms with Gasteiger partial charge >= 0.3 is 0 Å². The van der Waals surface area contributed by atoms with Crippen molar-refractivity contribution >= 4 is 22.6 Å². The molecule has 0 spiro atoms. The zero-order chi connectivity index (χ0) is 15.6. The summed E-state index contributed by atoms with van der Waals surface area (Å²) in [5.74, 6) is -0.335. The molecule has 0 saturated carbocycles. The largest absolute Gasteiger partial charge is 0.339 e. The van der Waals surface area contributed by atoms with E-state index in [2.05, 4.69) is 30.7 Å². The Morgan fingerprint density at radius 1 is 1.09 bits per heavy atom. The normalized spacial score (nSPS) is 10.8. The average molecular weight is 304 g/mol. The van der Waals surface area contributed by atoms with Crippen LogP contribution in [0.1, 0.15) is 10.5 Å². The molecule has 0 unspecified atom stereocenters. The fourth-order valence-corrected chi connectivity index (χ4v) is 2.36. The summed E-state index contributed by atoms with van der Waals surface area (Å²) in [5, 5.41) is 13.4. The first-order chi connectivity index (χ1) is 11.3. The van der Waals surface area contributed by atoms with E-state index in [1.165, 1.54) is 6.20 Å². The minimum absolute atomic E-state index is 0.226. The zero-order valence-corrected chi connectivity index (χ0v) is 11.9. The number of hydrogen-bond donors (Lipinski definition) is 3. The number of benzene rings is 1. The van der Waals surface area contributed by atoms with Crippen LogP contribution >= 0.6 is 0 Å². The molecule has 1 aromatic carbocycles. The van der Waals surface area contributed by atoms with E-state index in [-0.39, 0.29) is 11.6 Å². The molecule has 0 radical (unpaired) electrons. The molecule has 3 N–H and O–H groups in total. The Labute approximate surface area is 130 Å². The molecule has 4 rings (SSSR count). The molecule has 23 heavy (non-hydrogen) atoms. The van der Waals surface area contributed by atoms with Crippen molar-refractivity contribution in [3.05, 3.63) is 60.6 Å². The standard InChI is InChI=1S/C16H12N6O/c23-16(14-9-18-22-21-14)19-12-6-11-7-13(20-15(11)17-8-12)10-4-2-1-3-5-10/h1-9H,(H,17,20)(H,19,23)(H,18,21,22). The Morgan fingerprint density at radius 2 is 1.96 bits per heavy atom. The summed E-state index contributed by atoms with van der Waals surface area (Å²) in [6.07, 6.45) is 2.97. The van der Waals surface area contributed by atoms with E-state index in [4.69, 9.17) is 0 Å². The third-order valence-electron chi connectivity index (χ3n) is 3.46. The Kier molecular flexibility index (Phi) is 3.09. The van der Waals surface area contributed by atoms with Crippen LogP contribution < -0.4 is 5.32 Å². The number of pyridine rings is 1. The summed E-state index contributed by atoms with van der Waals surface area (Å²) >= 11 is 0. The molecule has 0 aliphatic rings. The maximum absolute atomic E-state index is 12.0. The lowest BCUT2D eigenvalue weighted by atomic mass is 10.1. The van der Waals surface area contributed by atoms with Crippen molar-refractivity contribution in [1.82, 2.24) is 25.4 Å². The molecule has 3 aromatic heterocycles. The predicted octanol–water partition coefficient (Wildman–Crippen LogP) is 2.60. The van der Waals surface area contributed by atoms with Crippen molar-refractivity contribution in [3.63, 3.8) is 0 Å². The number of aromatic nitrogens is 5. The lowest BCUT2D eigenvalue weighted by Gasteiger charge is -2.01. The van der Waals surface area contributed by atoms with Crippen molar-refractivity contribution in [2.45, 2.75) is 0 Å². The highest BCUT2D eigenvalue weighted by molar-refractivity contribution is 6.03. The number of nitrogens with one attached hydrogen (secondary N) is 3. The second-order valence-corrected chi connectivity index (χ2v) is 5.02.